The van der Waals surface area contributed by atoms with Crippen molar-refractivity contribution in [2.24, 2.45) is 16.7 Å². The van der Waals surface area contributed by atoms with Crippen molar-refractivity contribution in [2.45, 2.75) is 45.4 Å². The average Bonchev–Trinajstić information content (AvgIpc) is 3.42. The lowest BCUT2D eigenvalue weighted by molar-refractivity contribution is -0.141. The van der Waals surface area contributed by atoms with Gasteiger partial charge in [-0.3, -0.25) is 19.4 Å². The van der Waals surface area contributed by atoms with Crippen molar-refractivity contribution in [1.82, 2.24) is 30.5 Å². The minimum absolute atomic E-state index is 0.0686. The number of amides is 3. The zero-order valence-corrected chi connectivity index (χ0v) is 18.4. The van der Waals surface area contributed by atoms with Crippen molar-refractivity contribution in [3.05, 3.63) is 24.3 Å². The molecule has 2 atom stereocenters. The Morgan fingerprint density at radius 1 is 1.25 bits per heavy atom. The summed E-state index contributed by atoms with van der Waals surface area (Å²) in [4.78, 5) is 52.1. The van der Waals surface area contributed by atoms with Crippen LogP contribution in [0, 0.1) is 16.7 Å². The van der Waals surface area contributed by atoms with Gasteiger partial charge in [-0.05, 0) is 43.4 Å². The molecule has 2 aromatic rings. The van der Waals surface area contributed by atoms with Crippen LogP contribution in [0.25, 0.3) is 11.0 Å². The van der Waals surface area contributed by atoms with Crippen LogP contribution in [-0.2, 0) is 9.59 Å². The number of H-pyrrole nitrogens is 1. The van der Waals surface area contributed by atoms with Gasteiger partial charge in [0, 0.05) is 32.4 Å². The first-order chi connectivity index (χ1) is 15.5. The second kappa shape index (κ2) is 7.86. The van der Waals surface area contributed by atoms with Gasteiger partial charge in [-0.1, -0.05) is 13.3 Å². The third-order valence-electron chi connectivity index (χ3n) is 8.20. The summed E-state index contributed by atoms with van der Waals surface area (Å²) >= 11 is 0. The van der Waals surface area contributed by atoms with Gasteiger partial charge in [0.25, 0.3) is 5.91 Å². The Morgan fingerprint density at radius 2 is 2.09 bits per heavy atom. The van der Waals surface area contributed by atoms with Crippen molar-refractivity contribution >= 4 is 28.8 Å². The summed E-state index contributed by atoms with van der Waals surface area (Å²) in [5.41, 5.74) is 1.10. The molecule has 5 rings (SSSR count). The molecule has 3 N–H and O–H groups in total. The summed E-state index contributed by atoms with van der Waals surface area (Å²) < 4.78 is 0. The summed E-state index contributed by atoms with van der Waals surface area (Å²) in [6, 6.07) is 0. The Balaban J connectivity index is 1.32. The van der Waals surface area contributed by atoms with E-state index in [1.165, 1.54) is 6.42 Å². The van der Waals surface area contributed by atoms with Gasteiger partial charge in [-0.25, -0.2) is 4.98 Å². The molecule has 170 valence electrons. The van der Waals surface area contributed by atoms with Crippen molar-refractivity contribution in [3.63, 3.8) is 0 Å². The molecule has 32 heavy (non-hydrogen) atoms. The molecular weight excluding hydrogens is 408 g/mol. The fraction of sp³-hybridized carbons (Fsp3) is 0.609. The lowest BCUT2D eigenvalue weighted by Gasteiger charge is -2.53. The standard InChI is InChI=1S/C23H30N6O3/c1-2-23(6-8-25-20(23)31)21(32)26-10-15-13-29(9-7-22(15)4-3-5-22)19(30)16-11-24-12-17-18(16)28-14-27-17/h11-12,14-15H,2-10,13H2,1H3,(H,25,31)(H,26,32)(H,27,28). The van der Waals surface area contributed by atoms with Crippen LogP contribution >= 0.6 is 0 Å². The Bertz CT molecular complexity index is 1060. The van der Waals surface area contributed by atoms with Crippen molar-refractivity contribution in [1.29, 1.82) is 0 Å². The van der Waals surface area contributed by atoms with E-state index >= 15 is 0 Å². The molecule has 2 unspecified atom stereocenters. The number of hydrogen-bond donors (Lipinski definition) is 3. The number of piperidine rings is 1. The van der Waals surface area contributed by atoms with Crippen molar-refractivity contribution in [3.8, 4) is 0 Å². The Kier molecular flexibility index (Phi) is 5.14. The number of fused-ring (bicyclic) bond motifs is 1. The zero-order chi connectivity index (χ0) is 22.3. The fourth-order valence-electron chi connectivity index (χ4n) is 5.83. The molecule has 3 aliphatic rings. The molecule has 0 radical (unpaired) electrons. The van der Waals surface area contributed by atoms with Crippen LogP contribution in [0.5, 0.6) is 0 Å². The normalized spacial score (nSPS) is 26.7. The Hall–Kier alpha value is -2.97. The number of aromatic nitrogens is 3. The van der Waals surface area contributed by atoms with E-state index in [0.717, 1.165) is 24.8 Å². The van der Waals surface area contributed by atoms with Gasteiger partial charge in [0.1, 0.15) is 10.9 Å². The van der Waals surface area contributed by atoms with E-state index in [2.05, 4.69) is 25.6 Å². The van der Waals surface area contributed by atoms with Gasteiger partial charge in [-0.2, -0.15) is 0 Å². The van der Waals surface area contributed by atoms with Crippen LogP contribution in [-0.4, -0.2) is 63.8 Å². The molecule has 1 aliphatic carbocycles. The molecule has 2 aromatic heterocycles. The van der Waals surface area contributed by atoms with E-state index in [1.54, 1.807) is 18.7 Å². The highest BCUT2D eigenvalue weighted by atomic mass is 16.2. The third kappa shape index (κ3) is 3.17. The van der Waals surface area contributed by atoms with E-state index in [0.29, 0.717) is 50.1 Å². The van der Waals surface area contributed by atoms with Crippen LogP contribution < -0.4 is 10.6 Å². The van der Waals surface area contributed by atoms with Crippen LogP contribution in [0.15, 0.2) is 18.7 Å². The molecule has 2 aliphatic heterocycles. The summed E-state index contributed by atoms with van der Waals surface area (Å²) in [5, 5.41) is 5.90. The number of pyridine rings is 1. The molecule has 9 heteroatoms. The fourth-order valence-corrected chi connectivity index (χ4v) is 5.83. The number of likely N-dealkylation sites (tertiary alicyclic amines) is 1. The van der Waals surface area contributed by atoms with Gasteiger partial charge >= 0.3 is 0 Å². The molecule has 1 saturated carbocycles. The predicted octanol–water partition coefficient (Wildman–Crippen LogP) is 1.62. The first-order valence-electron chi connectivity index (χ1n) is 11.6. The summed E-state index contributed by atoms with van der Waals surface area (Å²) in [6.45, 7) is 4.21. The second-order valence-corrected chi connectivity index (χ2v) is 9.55. The maximum Gasteiger partial charge on any atom is 0.257 e. The monoisotopic (exact) mass is 438 g/mol. The number of carbonyl (C=O) groups is 3. The van der Waals surface area contributed by atoms with Crippen LogP contribution in [0.1, 0.15) is 55.8 Å². The van der Waals surface area contributed by atoms with Crippen LogP contribution in [0.4, 0.5) is 0 Å². The lowest BCUT2D eigenvalue weighted by Crippen LogP contribution is -2.56. The molecule has 0 bridgehead atoms. The van der Waals surface area contributed by atoms with E-state index in [4.69, 9.17) is 0 Å². The number of carbonyl (C=O) groups excluding carboxylic acids is 3. The molecule has 3 amide bonds. The smallest absolute Gasteiger partial charge is 0.257 e. The second-order valence-electron chi connectivity index (χ2n) is 9.55. The molecule has 3 fully saturated rings. The predicted molar refractivity (Wildman–Crippen MR) is 118 cm³/mol. The minimum atomic E-state index is -0.960. The molecule has 1 spiro atoms. The van der Waals surface area contributed by atoms with Gasteiger partial charge in [0.15, 0.2) is 0 Å². The van der Waals surface area contributed by atoms with Gasteiger partial charge in [-0.15, -0.1) is 0 Å². The Labute approximate surface area is 186 Å². The lowest BCUT2D eigenvalue weighted by atomic mass is 9.57. The molecule has 4 heterocycles. The third-order valence-corrected chi connectivity index (χ3v) is 8.20. The number of nitrogens with zero attached hydrogens (tertiary/aromatic N) is 3. The SMILES string of the molecule is CCC1(C(=O)NCC2CN(C(=O)c3cncc4[nH]cnc34)CCC23CCC3)CCNC1=O. The van der Waals surface area contributed by atoms with E-state index in [-0.39, 0.29) is 29.1 Å². The highest BCUT2D eigenvalue weighted by molar-refractivity contribution is 6.06. The largest absolute Gasteiger partial charge is 0.355 e. The summed E-state index contributed by atoms with van der Waals surface area (Å²) in [5.74, 6) is -0.252. The summed E-state index contributed by atoms with van der Waals surface area (Å²) in [7, 11) is 0. The number of nitrogens with one attached hydrogen (secondary N) is 3. The highest BCUT2D eigenvalue weighted by Gasteiger charge is 2.50. The van der Waals surface area contributed by atoms with Crippen molar-refractivity contribution < 1.29 is 14.4 Å². The number of imidazole rings is 1. The minimum Gasteiger partial charge on any atom is -0.355 e. The van der Waals surface area contributed by atoms with Gasteiger partial charge in [0.05, 0.1) is 23.6 Å². The summed E-state index contributed by atoms with van der Waals surface area (Å²) in [6.07, 6.45) is 10.2. The number of hydrogen-bond acceptors (Lipinski definition) is 5. The van der Waals surface area contributed by atoms with Gasteiger partial charge < -0.3 is 20.5 Å². The topological polar surface area (TPSA) is 120 Å². The number of rotatable bonds is 5. The molecular formula is C23H30N6O3. The van der Waals surface area contributed by atoms with Crippen LogP contribution in [0.3, 0.4) is 0 Å². The van der Waals surface area contributed by atoms with Crippen molar-refractivity contribution in [2.75, 3.05) is 26.2 Å². The first-order valence-corrected chi connectivity index (χ1v) is 11.6. The molecule has 9 nitrogen and oxygen atoms in total. The van der Waals surface area contributed by atoms with Crippen LogP contribution in [0.2, 0.25) is 0 Å². The van der Waals surface area contributed by atoms with E-state index in [9.17, 15) is 14.4 Å². The van der Waals surface area contributed by atoms with E-state index < -0.39 is 5.41 Å². The quantitative estimate of drug-likeness (QED) is 0.613. The maximum atomic E-state index is 13.4. The zero-order valence-electron chi connectivity index (χ0n) is 18.4. The first kappa shape index (κ1) is 20.9. The average molecular weight is 439 g/mol. The highest BCUT2D eigenvalue weighted by Crippen LogP contribution is 2.52. The van der Waals surface area contributed by atoms with E-state index in [1.807, 2.05) is 11.8 Å². The maximum absolute atomic E-state index is 13.4. The van der Waals surface area contributed by atoms with Gasteiger partial charge in [0.2, 0.25) is 11.8 Å². The Morgan fingerprint density at radius 3 is 2.78 bits per heavy atom. The number of aromatic amines is 1. The molecule has 2 saturated heterocycles. The molecule has 0 aromatic carbocycles.